The van der Waals surface area contributed by atoms with Gasteiger partial charge in [-0.05, 0) is 65.5 Å². The molecule has 1 unspecified atom stereocenters. The number of likely N-dealkylation sites (tertiary alicyclic amines) is 1. The highest BCUT2D eigenvalue weighted by molar-refractivity contribution is 7.92. The van der Waals surface area contributed by atoms with Gasteiger partial charge in [-0.2, -0.15) is 0 Å². The lowest BCUT2D eigenvalue weighted by Crippen LogP contribution is -2.50. The summed E-state index contributed by atoms with van der Waals surface area (Å²) in [7, 11) is -3.38. The molecule has 1 aromatic heterocycles. The van der Waals surface area contributed by atoms with Crippen LogP contribution >= 0.6 is 12.4 Å². The molecule has 33 heavy (non-hydrogen) atoms. The van der Waals surface area contributed by atoms with Crippen LogP contribution < -0.4 is 9.46 Å². The lowest BCUT2D eigenvalue weighted by atomic mass is 9.81. The summed E-state index contributed by atoms with van der Waals surface area (Å²) in [5, 5.41) is 18.5. The van der Waals surface area contributed by atoms with Gasteiger partial charge in [-0.15, -0.1) is 12.4 Å². The Hall–Kier alpha value is -2.40. The first-order valence-electron chi connectivity index (χ1n) is 10.7. The average molecular weight is 495 g/mol. The van der Waals surface area contributed by atoms with Crippen molar-refractivity contribution < 1.29 is 22.9 Å². The third kappa shape index (κ3) is 5.24. The number of hydrogen-bond acceptors (Lipinski definition) is 8. The second kappa shape index (κ2) is 9.09. The number of fused-ring (bicyclic) bond motifs is 2. The predicted molar refractivity (Wildman–Crippen MR) is 126 cm³/mol. The number of halogens is 1. The van der Waals surface area contributed by atoms with Crippen LogP contribution in [0.5, 0.6) is 5.75 Å². The SMILES string of the molecule is CS(=O)(=O)Nc1ccc2c(c1)C(O)CC1(CCN(CCc3ccc4nonc4c3)CC1)O2.Cl. The number of anilines is 1. The van der Waals surface area contributed by atoms with Gasteiger partial charge in [0.15, 0.2) is 0 Å². The van der Waals surface area contributed by atoms with Crippen molar-refractivity contribution in [2.24, 2.45) is 0 Å². The Morgan fingerprint density at radius 3 is 2.67 bits per heavy atom. The van der Waals surface area contributed by atoms with Gasteiger partial charge < -0.3 is 14.7 Å². The topological polar surface area (TPSA) is 118 Å². The normalized spacial score (nSPS) is 20.1. The van der Waals surface area contributed by atoms with E-state index in [1.54, 1.807) is 18.2 Å². The van der Waals surface area contributed by atoms with Gasteiger partial charge in [0.2, 0.25) is 10.0 Å². The summed E-state index contributed by atoms with van der Waals surface area (Å²) in [5.74, 6) is 0.630. The van der Waals surface area contributed by atoms with E-state index < -0.39 is 16.1 Å². The molecule has 1 saturated heterocycles. The molecule has 2 aliphatic heterocycles. The Kier molecular flexibility index (Phi) is 6.54. The van der Waals surface area contributed by atoms with Crippen LogP contribution in [-0.4, -0.2) is 60.2 Å². The molecule has 1 fully saturated rings. The van der Waals surface area contributed by atoms with Crippen LogP contribution in [0, 0.1) is 0 Å². The van der Waals surface area contributed by atoms with Gasteiger partial charge in [0.1, 0.15) is 22.4 Å². The van der Waals surface area contributed by atoms with Gasteiger partial charge >= 0.3 is 0 Å². The number of rotatable bonds is 5. The van der Waals surface area contributed by atoms with Crippen LogP contribution in [0.25, 0.3) is 11.0 Å². The van der Waals surface area contributed by atoms with Crippen molar-refractivity contribution >= 4 is 39.2 Å². The molecule has 5 rings (SSSR count). The second-order valence-corrected chi connectivity index (χ2v) is 10.6. The largest absolute Gasteiger partial charge is 0.487 e. The molecule has 0 amide bonds. The number of aliphatic hydroxyl groups is 1. The highest BCUT2D eigenvalue weighted by atomic mass is 35.5. The molecule has 2 N–H and O–H groups in total. The predicted octanol–water partition coefficient (Wildman–Crippen LogP) is 2.91. The molecule has 3 heterocycles. The van der Waals surface area contributed by atoms with E-state index in [1.165, 1.54) is 5.56 Å². The average Bonchev–Trinajstić information content (AvgIpc) is 3.21. The highest BCUT2D eigenvalue weighted by Crippen LogP contribution is 2.45. The zero-order valence-corrected chi connectivity index (χ0v) is 19.9. The quantitative estimate of drug-likeness (QED) is 0.556. The third-order valence-electron chi connectivity index (χ3n) is 6.37. The first kappa shape index (κ1) is 23.7. The Morgan fingerprint density at radius 1 is 1.15 bits per heavy atom. The van der Waals surface area contributed by atoms with Gasteiger partial charge in [-0.1, -0.05) is 6.07 Å². The van der Waals surface area contributed by atoms with E-state index >= 15 is 0 Å². The maximum Gasteiger partial charge on any atom is 0.229 e. The van der Waals surface area contributed by atoms with Gasteiger partial charge in [-0.25, -0.2) is 13.0 Å². The third-order valence-corrected chi connectivity index (χ3v) is 6.97. The van der Waals surface area contributed by atoms with E-state index in [1.807, 2.05) is 12.1 Å². The zero-order valence-electron chi connectivity index (χ0n) is 18.2. The number of nitrogens with one attached hydrogen (secondary N) is 1. The van der Waals surface area contributed by atoms with E-state index in [0.29, 0.717) is 23.4 Å². The van der Waals surface area contributed by atoms with Crippen LogP contribution in [0.3, 0.4) is 0 Å². The standard InChI is InChI=1S/C22H26N4O5S.ClH/c1-32(28,29)25-16-3-5-21-17(13-16)20(27)14-22(30-21)7-10-26(11-8-22)9-6-15-2-4-18-19(12-15)24-31-23-18;/h2-5,12-13,20,25,27H,6-11,14H2,1H3;1H. The summed E-state index contributed by atoms with van der Waals surface area (Å²) in [4.78, 5) is 2.42. The summed E-state index contributed by atoms with van der Waals surface area (Å²) >= 11 is 0. The highest BCUT2D eigenvalue weighted by Gasteiger charge is 2.42. The summed E-state index contributed by atoms with van der Waals surface area (Å²) in [6, 6.07) is 11.1. The molecule has 2 aliphatic rings. The van der Waals surface area contributed by atoms with Crippen molar-refractivity contribution in [3.8, 4) is 5.75 Å². The summed E-state index contributed by atoms with van der Waals surface area (Å²) in [5.41, 5.74) is 3.41. The van der Waals surface area contributed by atoms with E-state index in [2.05, 4.69) is 26.0 Å². The molecule has 11 heteroatoms. The van der Waals surface area contributed by atoms with Gasteiger partial charge in [0.25, 0.3) is 0 Å². The van der Waals surface area contributed by atoms with Crippen LogP contribution in [0.2, 0.25) is 0 Å². The molecule has 3 aromatic rings. The number of aliphatic hydroxyl groups excluding tert-OH is 1. The van der Waals surface area contributed by atoms with E-state index in [-0.39, 0.29) is 18.0 Å². The summed E-state index contributed by atoms with van der Waals surface area (Å²) < 4.78 is 36.6. The van der Waals surface area contributed by atoms with Crippen molar-refractivity contribution in [1.82, 2.24) is 15.2 Å². The number of ether oxygens (including phenoxy) is 1. The maximum atomic E-state index is 11.5. The van der Waals surface area contributed by atoms with Crippen LogP contribution in [-0.2, 0) is 16.4 Å². The Labute approximate surface area is 198 Å². The molecule has 0 radical (unpaired) electrons. The van der Waals surface area contributed by atoms with E-state index in [4.69, 9.17) is 9.37 Å². The minimum atomic E-state index is -3.38. The monoisotopic (exact) mass is 494 g/mol. The Bertz CT molecular complexity index is 1240. The van der Waals surface area contributed by atoms with Gasteiger partial charge in [-0.3, -0.25) is 4.72 Å². The molecule has 178 valence electrons. The van der Waals surface area contributed by atoms with Crippen molar-refractivity contribution in [2.75, 3.05) is 30.6 Å². The number of benzene rings is 2. The minimum Gasteiger partial charge on any atom is -0.487 e. The van der Waals surface area contributed by atoms with Crippen LogP contribution in [0.15, 0.2) is 41.0 Å². The first-order chi connectivity index (χ1) is 15.3. The number of piperidine rings is 1. The first-order valence-corrected chi connectivity index (χ1v) is 12.6. The number of aromatic nitrogens is 2. The van der Waals surface area contributed by atoms with Crippen LogP contribution in [0.1, 0.15) is 36.5 Å². The molecule has 1 atom stereocenters. The van der Waals surface area contributed by atoms with Crippen molar-refractivity contribution in [3.05, 3.63) is 47.5 Å². The molecule has 0 bridgehead atoms. The molecule has 1 spiro atoms. The Morgan fingerprint density at radius 2 is 1.91 bits per heavy atom. The van der Waals surface area contributed by atoms with Crippen molar-refractivity contribution in [2.45, 2.75) is 37.4 Å². The summed E-state index contributed by atoms with van der Waals surface area (Å²) in [6.07, 6.45) is 3.50. The maximum absolute atomic E-state index is 11.5. The lowest BCUT2D eigenvalue weighted by Gasteiger charge is -2.46. The molecular formula is C22H27ClN4O5S. The fourth-order valence-corrected chi connectivity index (χ4v) is 5.23. The number of hydrogen-bond donors (Lipinski definition) is 2. The zero-order chi connectivity index (χ0) is 22.3. The molecule has 0 aliphatic carbocycles. The van der Waals surface area contributed by atoms with Crippen molar-refractivity contribution in [1.29, 1.82) is 0 Å². The minimum absolute atomic E-state index is 0. The van der Waals surface area contributed by atoms with Gasteiger partial charge in [0.05, 0.1) is 12.4 Å². The van der Waals surface area contributed by atoms with Crippen LogP contribution in [0.4, 0.5) is 5.69 Å². The molecule has 0 saturated carbocycles. The molecule has 2 aromatic carbocycles. The van der Waals surface area contributed by atoms with Gasteiger partial charge in [0, 0.05) is 37.3 Å². The fourth-order valence-electron chi connectivity index (χ4n) is 4.68. The second-order valence-electron chi connectivity index (χ2n) is 8.81. The van der Waals surface area contributed by atoms with Crippen molar-refractivity contribution in [3.63, 3.8) is 0 Å². The van der Waals surface area contributed by atoms with E-state index in [9.17, 15) is 13.5 Å². The smallest absolute Gasteiger partial charge is 0.229 e. The fraction of sp³-hybridized carbons (Fsp3) is 0.455. The Balaban J connectivity index is 0.00000259. The molecular weight excluding hydrogens is 468 g/mol. The van der Waals surface area contributed by atoms with E-state index in [0.717, 1.165) is 56.2 Å². The molecule has 9 nitrogen and oxygen atoms in total. The number of nitrogens with zero attached hydrogens (tertiary/aromatic N) is 3. The number of sulfonamides is 1. The summed E-state index contributed by atoms with van der Waals surface area (Å²) in [6.45, 7) is 2.72. The lowest BCUT2D eigenvalue weighted by molar-refractivity contribution is -0.0536.